The molecule has 2 heterocycles. The van der Waals surface area contributed by atoms with Crippen molar-refractivity contribution in [3.63, 3.8) is 0 Å². The van der Waals surface area contributed by atoms with Crippen molar-refractivity contribution < 1.29 is 19.1 Å². The van der Waals surface area contributed by atoms with Gasteiger partial charge in [0, 0.05) is 17.5 Å². The van der Waals surface area contributed by atoms with Crippen LogP contribution in [-0.2, 0) is 17.6 Å². The summed E-state index contributed by atoms with van der Waals surface area (Å²) in [7, 11) is 3.14. The summed E-state index contributed by atoms with van der Waals surface area (Å²) in [5, 5.41) is 6.65. The van der Waals surface area contributed by atoms with Gasteiger partial charge >= 0.3 is 0 Å². The highest BCUT2D eigenvalue weighted by molar-refractivity contribution is 7.17. The average Bonchev–Trinajstić information content (AvgIpc) is 3.34. The number of hydrogen-bond acceptors (Lipinski definition) is 6. The van der Waals surface area contributed by atoms with Gasteiger partial charge in [0.1, 0.15) is 16.5 Å². The Labute approximate surface area is 193 Å². The van der Waals surface area contributed by atoms with E-state index >= 15 is 0 Å². The lowest BCUT2D eigenvalue weighted by atomic mass is 10.0. The number of thiophene rings is 1. The molecule has 1 saturated heterocycles. The number of piperidine rings is 1. The highest BCUT2D eigenvalue weighted by atomic mass is 32.1. The third-order valence-corrected chi connectivity index (χ3v) is 7.37. The smallest absolute Gasteiger partial charge is 0.259 e. The zero-order valence-corrected chi connectivity index (χ0v) is 19.8. The second-order valence-electron chi connectivity index (χ2n) is 8.61. The topological polar surface area (TPSA) is 79.9 Å². The van der Waals surface area contributed by atoms with Gasteiger partial charge in [-0.2, -0.15) is 0 Å². The van der Waals surface area contributed by atoms with E-state index in [1.807, 2.05) is 0 Å². The van der Waals surface area contributed by atoms with Crippen LogP contribution in [0, 0.1) is 5.92 Å². The first-order chi connectivity index (χ1) is 15.5. The third kappa shape index (κ3) is 4.91. The Morgan fingerprint density at radius 2 is 2.00 bits per heavy atom. The van der Waals surface area contributed by atoms with E-state index in [0.29, 0.717) is 40.2 Å². The minimum Gasteiger partial charge on any atom is -0.497 e. The second-order valence-corrected chi connectivity index (χ2v) is 9.72. The van der Waals surface area contributed by atoms with Crippen LogP contribution in [0.3, 0.4) is 0 Å². The number of carbonyl (C=O) groups is 2. The number of nitrogens with one attached hydrogen (secondary N) is 2. The van der Waals surface area contributed by atoms with E-state index in [1.54, 1.807) is 32.4 Å². The molecule has 4 rings (SSSR count). The fraction of sp³-hybridized carbons (Fsp3) is 0.500. The van der Waals surface area contributed by atoms with Gasteiger partial charge in [-0.1, -0.05) is 6.92 Å². The summed E-state index contributed by atoms with van der Waals surface area (Å²) in [5.41, 5.74) is 2.17. The molecule has 0 saturated carbocycles. The standard InChI is InChI=1S/C24H31N3O4S/c1-15-6-5-11-27(13-15)14-21(28)26-24-22(17-7-4-8-20(17)32-24)23(29)25-18-12-16(30-2)9-10-19(18)31-3/h9-10,12,15H,4-8,11,13-14H2,1-3H3,(H,25,29)(H,26,28)/t15-/m0/s1. The summed E-state index contributed by atoms with van der Waals surface area (Å²) in [6.07, 6.45) is 5.17. The number of anilines is 2. The fourth-order valence-corrected chi connectivity index (χ4v) is 5.93. The van der Waals surface area contributed by atoms with Crippen LogP contribution in [0.15, 0.2) is 18.2 Å². The van der Waals surface area contributed by atoms with E-state index in [-0.39, 0.29) is 11.8 Å². The lowest BCUT2D eigenvalue weighted by Crippen LogP contribution is -2.39. The SMILES string of the molecule is COc1ccc(OC)c(NC(=O)c2c(NC(=O)CN3CCC[C@H](C)C3)sc3c2CCC3)c1. The molecule has 8 heteroatoms. The maximum atomic E-state index is 13.4. The summed E-state index contributed by atoms with van der Waals surface area (Å²) in [4.78, 5) is 29.6. The summed E-state index contributed by atoms with van der Waals surface area (Å²) in [6.45, 7) is 4.47. The number of ether oxygens (including phenoxy) is 2. The highest BCUT2D eigenvalue weighted by Crippen LogP contribution is 2.40. The summed E-state index contributed by atoms with van der Waals surface area (Å²) in [6, 6.07) is 5.28. The van der Waals surface area contributed by atoms with Crippen LogP contribution < -0.4 is 20.1 Å². The largest absolute Gasteiger partial charge is 0.497 e. The van der Waals surface area contributed by atoms with Gasteiger partial charge in [-0.15, -0.1) is 11.3 Å². The maximum absolute atomic E-state index is 13.4. The molecule has 172 valence electrons. The van der Waals surface area contributed by atoms with E-state index in [9.17, 15) is 9.59 Å². The van der Waals surface area contributed by atoms with Gasteiger partial charge in [-0.25, -0.2) is 0 Å². The van der Waals surface area contributed by atoms with Gasteiger partial charge in [0.15, 0.2) is 0 Å². The van der Waals surface area contributed by atoms with Gasteiger partial charge in [0.2, 0.25) is 5.91 Å². The van der Waals surface area contributed by atoms with Gasteiger partial charge in [0.25, 0.3) is 5.91 Å². The van der Waals surface area contributed by atoms with Crippen LogP contribution in [0.4, 0.5) is 10.7 Å². The minimum atomic E-state index is -0.238. The lowest BCUT2D eigenvalue weighted by molar-refractivity contribution is -0.117. The van der Waals surface area contributed by atoms with Crippen molar-refractivity contribution >= 4 is 33.8 Å². The minimum absolute atomic E-state index is 0.0629. The summed E-state index contributed by atoms with van der Waals surface area (Å²) >= 11 is 1.53. The molecule has 2 aromatic rings. The molecule has 2 N–H and O–H groups in total. The zero-order valence-electron chi connectivity index (χ0n) is 19.0. The number of benzene rings is 1. The number of hydrogen-bond donors (Lipinski definition) is 2. The van der Waals surface area contributed by atoms with Crippen molar-refractivity contribution in [1.82, 2.24) is 4.90 Å². The number of methoxy groups -OCH3 is 2. The zero-order chi connectivity index (χ0) is 22.7. The van der Waals surface area contributed by atoms with Crippen LogP contribution in [0.5, 0.6) is 11.5 Å². The molecule has 7 nitrogen and oxygen atoms in total. The van der Waals surface area contributed by atoms with Crippen molar-refractivity contribution in [3.8, 4) is 11.5 Å². The van der Waals surface area contributed by atoms with Gasteiger partial charge in [-0.3, -0.25) is 14.5 Å². The molecule has 0 bridgehead atoms. The predicted molar refractivity (Wildman–Crippen MR) is 127 cm³/mol. The summed E-state index contributed by atoms with van der Waals surface area (Å²) < 4.78 is 10.7. The number of carbonyl (C=O) groups excluding carboxylic acids is 2. The van der Waals surface area contributed by atoms with Crippen LogP contribution in [0.2, 0.25) is 0 Å². The van der Waals surface area contributed by atoms with Crippen molar-refractivity contribution in [2.45, 2.75) is 39.0 Å². The Kier molecular flexibility index (Phi) is 7.01. The van der Waals surface area contributed by atoms with Crippen molar-refractivity contribution in [2.24, 2.45) is 5.92 Å². The molecule has 2 aliphatic rings. The average molecular weight is 458 g/mol. The van der Waals surface area contributed by atoms with Crippen LogP contribution in [0.25, 0.3) is 0 Å². The molecule has 0 spiro atoms. The fourth-order valence-electron chi connectivity index (χ4n) is 4.63. The number of likely N-dealkylation sites (tertiary alicyclic amines) is 1. The van der Waals surface area contributed by atoms with Crippen LogP contribution in [0.1, 0.15) is 47.0 Å². The molecule has 1 aliphatic carbocycles. The van der Waals surface area contributed by atoms with Crippen LogP contribution in [-0.4, -0.2) is 50.6 Å². The Morgan fingerprint density at radius 3 is 2.75 bits per heavy atom. The molecule has 1 aromatic heterocycles. The number of rotatable bonds is 7. The molecule has 1 aromatic carbocycles. The first-order valence-electron chi connectivity index (χ1n) is 11.2. The molecule has 1 atom stereocenters. The molecular weight excluding hydrogens is 426 g/mol. The second kappa shape index (κ2) is 9.92. The first-order valence-corrected chi connectivity index (χ1v) is 12.0. The van der Waals surface area contributed by atoms with Gasteiger partial charge in [0.05, 0.1) is 32.0 Å². The molecule has 32 heavy (non-hydrogen) atoms. The van der Waals surface area contributed by atoms with E-state index < -0.39 is 0 Å². The van der Waals surface area contributed by atoms with Crippen molar-refractivity contribution in [2.75, 3.05) is 44.5 Å². The highest BCUT2D eigenvalue weighted by Gasteiger charge is 2.28. The third-order valence-electron chi connectivity index (χ3n) is 6.16. The van der Waals surface area contributed by atoms with E-state index in [4.69, 9.17) is 9.47 Å². The normalized spacial score (nSPS) is 18.2. The van der Waals surface area contributed by atoms with Crippen molar-refractivity contribution in [1.29, 1.82) is 0 Å². The summed E-state index contributed by atoms with van der Waals surface area (Å²) in [5.74, 6) is 1.49. The maximum Gasteiger partial charge on any atom is 0.259 e. The number of aryl methyl sites for hydroxylation is 1. The van der Waals surface area contributed by atoms with Crippen molar-refractivity contribution in [3.05, 3.63) is 34.2 Å². The van der Waals surface area contributed by atoms with Crippen LogP contribution >= 0.6 is 11.3 Å². The molecular formula is C24H31N3O4S. The Morgan fingerprint density at radius 1 is 1.16 bits per heavy atom. The lowest BCUT2D eigenvalue weighted by Gasteiger charge is -2.30. The molecule has 0 radical (unpaired) electrons. The molecule has 1 aliphatic heterocycles. The number of nitrogens with zero attached hydrogens (tertiary/aromatic N) is 1. The van der Waals surface area contributed by atoms with E-state index in [1.165, 1.54) is 22.6 Å². The van der Waals surface area contributed by atoms with E-state index in [2.05, 4.69) is 22.5 Å². The molecule has 0 unspecified atom stereocenters. The first kappa shape index (κ1) is 22.6. The number of fused-ring (bicyclic) bond motifs is 1. The predicted octanol–water partition coefficient (Wildman–Crippen LogP) is 4.18. The van der Waals surface area contributed by atoms with Gasteiger partial charge in [-0.05, 0) is 62.3 Å². The van der Waals surface area contributed by atoms with Gasteiger partial charge < -0.3 is 20.1 Å². The Bertz CT molecular complexity index is 1000. The monoisotopic (exact) mass is 457 g/mol. The Balaban J connectivity index is 1.54. The van der Waals surface area contributed by atoms with E-state index in [0.717, 1.165) is 44.3 Å². The Hall–Kier alpha value is -2.58. The number of amides is 2. The quantitative estimate of drug-likeness (QED) is 0.652. The molecule has 1 fully saturated rings. The molecule has 2 amide bonds.